The summed E-state index contributed by atoms with van der Waals surface area (Å²) in [6.45, 7) is 0.420. The summed E-state index contributed by atoms with van der Waals surface area (Å²) in [5, 5.41) is 11.8. The van der Waals surface area contributed by atoms with E-state index in [2.05, 4.69) is 21.1 Å². The second kappa shape index (κ2) is 6.24. The number of hydrogen-bond donors (Lipinski definition) is 2. The SMILES string of the molecule is NC(=NO)c1ccc(Br)cc1OCc1ccccc1. The molecule has 98 valence electrons. The summed E-state index contributed by atoms with van der Waals surface area (Å²) in [5.41, 5.74) is 7.22. The largest absolute Gasteiger partial charge is 0.488 e. The van der Waals surface area contributed by atoms with E-state index in [-0.39, 0.29) is 5.84 Å². The zero-order valence-electron chi connectivity index (χ0n) is 10.1. The van der Waals surface area contributed by atoms with Crippen molar-refractivity contribution in [2.24, 2.45) is 10.9 Å². The highest BCUT2D eigenvalue weighted by atomic mass is 79.9. The Morgan fingerprint density at radius 2 is 1.95 bits per heavy atom. The lowest BCUT2D eigenvalue weighted by atomic mass is 10.2. The van der Waals surface area contributed by atoms with Crippen molar-refractivity contribution in [1.29, 1.82) is 0 Å². The Balaban J connectivity index is 2.21. The first-order valence-corrected chi connectivity index (χ1v) is 6.44. The minimum Gasteiger partial charge on any atom is -0.488 e. The molecule has 2 aromatic rings. The summed E-state index contributed by atoms with van der Waals surface area (Å²) < 4.78 is 6.59. The van der Waals surface area contributed by atoms with Crippen LogP contribution in [0.4, 0.5) is 0 Å². The molecule has 0 spiro atoms. The summed E-state index contributed by atoms with van der Waals surface area (Å²) in [5.74, 6) is 0.587. The van der Waals surface area contributed by atoms with E-state index >= 15 is 0 Å². The molecule has 3 N–H and O–H groups in total. The standard InChI is InChI=1S/C14H13BrN2O2/c15-11-6-7-12(14(16)17-18)13(8-11)19-9-10-4-2-1-3-5-10/h1-8,18H,9H2,(H2,16,17). The van der Waals surface area contributed by atoms with Crippen LogP contribution in [0.1, 0.15) is 11.1 Å². The number of oxime groups is 1. The lowest BCUT2D eigenvalue weighted by Crippen LogP contribution is -2.14. The maximum Gasteiger partial charge on any atom is 0.173 e. The molecule has 0 atom stereocenters. The van der Waals surface area contributed by atoms with Gasteiger partial charge in [0.1, 0.15) is 12.4 Å². The number of amidine groups is 1. The van der Waals surface area contributed by atoms with Gasteiger partial charge in [-0.3, -0.25) is 0 Å². The van der Waals surface area contributed by atoms with E-state index in [1.54, 1.807) is 12.1 Å². The summed E-state index contributed by atoms with van der Waals surface area (Å²) in [7, 11) is 0. The summed E-state index contributed by atoms with van der Waals surface area (Å²) >= 11 is 3.37. The fourth-order valence-corrected chi connectivity index (χ4v) is 1.96. The predicted octanol–water partition coefficient (Wildman–Crippen LogP) is 3.12. The third-order valence-corrected chi connectivity index (χ3v) is 3.06. The van der Waals surface area contributed by atoms with Crippen molar-refractivity contribution in [3.8, 4) is 5.75 Å². The molecule has 2 rings (SSSR count). The van der Waals surface area contributed by atoms with Crippen LogP contribution in [0, 0.1) is 0 Å². The summed E-state index contributed by atoms with van der Waals surface area (Å²) in [6.07, 6.45) is 0. The number of hydrogen-bond acceptors (Lipinski definition) is 3. The minimum absolute atomic E-state index is 0.0237. The van der Waals surface area contributed by atoms with E-state index in [4.69, 9.17) is 15.7 Å². The molecule has 0 aliphatic heterocycles. The first kappa shape index (κ1) is 13.4. The second-order valence-electron chi connectivity index (χ2n) is 3.90. The zero-order valence-corrected chi connectivity index (χ0v) is 11.7. The van der Waals surface area contributed by atoms with Crippen molar-refractivity contribution >= 4 is 21.8 Å². The van der Waals surface area contributed by atoms with E-state index in [0.717, 1.165) is 10.0 Å². The number of ether oxygens (including phenoxy) is 1. The molecule has 0 amide bonds. The number of rotatable bonds is 4. The van der Waals surface area contributed by atoms with Crippen LogP contribution in [0.5, 0.6) is 5.75 Å². The molecule has 0 unspecified atom stereocenters. The van der Waals surface area contributed by atoms with Gasteiger partial charge in [-0.25, -0.2) is 0 Å². The molecular formula is C14H13BrN2O2. The highest BCUT2D eigenvalue weighted by Crippen LogP contribution is 2.24. The van der Waals surface area contributed by atoms with Crippen molar-refractivity contribution in [1.82, 2.24) is 0 Å². The van der Waals surface area contributed by atoms with E-state index in [0.29, 0.717) is 17.9 Å². The Labute approximate surface area is 119 Å². The smallest absolute Gasteiger partial charge is 0.173 e. The molecule has 0 aliphatic rings. The first-order chi connectivity index (χ1) is 9.20. The second-order valence-corrected chi connectivity index (χ2v) is 4.82. The van der Waals surface area contributed by atoms with E-state index in [1.165, 1.54) is 0 Å². The van der Waals surface area contributed by atoms with Crippen molar-refractivity contribution in [3.05, 3.63) is 64.1 Å². The Morgan fingerprint density at radius 3 is 2.63 bits per heavy atom. The van der Waals surface area contributed by atoms with Gasteiger partial charge in [-0.1, -0.05) is 51.4 Å². The quantitative estimate of drug-likeness (QED) is 0.393. The van der Waals surface area contributed by atoms with Crippen LogP contribution in [-0.2, 0) is 6.61 Å². The van der Waals surface area contributed by atoms with Gasteiger partial charge in [-0.15, -0.1) is 0 Å². The molecule has 0 fully saturated rings. The molecule has 0 saturated heterocycles. The molecule has 2 aromatic carbocycles. The van der Waals surface area contributed by atoms with Crippen LogP contribution in [0.2, 0.25) is 0 Å². The first-order valence-electron chi connectivity index (χ1n) is 5.65. The average Bonchev–Trinajstić information content (AvgIpc) is 2.45. The summed E-state index contributed by atoms with van der Waals surface area (Å²) in [4.78, 5) is 0. The van der Waals surface area contributed by atoms with Crippen molar-refractivity contribution < 1.29 is 9.94 Å². The average molecular weight is 321 g/mol. The third-order valence-electron chi connectivity index (χ3n) is 2.56. The zero-order chi connectivity index (χ0) is 13.7. The van der Waals surface area contributed by atoms with Crippen LogP contribution in [0.25, 0.3) is 0 Å². The fourth-order valence-electron chi connectivity index (χ4n) is 1.62. The molecule has 0 heterocycles. The van der Waals surface area contributed by atoms with E-state index < -0.39 is 0 Å². The number of nitrogens with two attached hydrogens (primary N) is 1. The fraction of sp³-hybridized carbons (Fsp3) is 0.0714. The van der Waals surface area contributed by atoms with Crippen LogP contribution in [0.15, 0.2) is 58.2 Å². The molecule has 0 aromatic heterocycles. The van der Waals surface area contributed by atoms with E-state index in [9.17, 15) is 0 Å². The van der Waals surface area contributed by atoms with Gasteiger partial charge in [0.25, 0.3) is 0 Å². The van der Waals surface area contributed by atoms with Gasteiger partial charge in [-0.2, -0.15) is 0 Å². The predicted molar refractivity (Wildman–Crippen MR) is 77.4 cm³/mol. The highest BCUT2D eigenvalue weighted by Gasteiger charge is 2.09. The van der Waals surface area contributed by atoms with Gasteiger partial charge in [0.05, 0.1) is 5.56 Å². The van der Waals surface area contributed by atoms with Crippen molar-refractivity contribution in [3.63, 3.8) is 0 Å². The van der Waals surface area contributed by atoms with Crippen LogP contribution < -0.4 is 10.5 Å². The monoisotopic (exact) mass is 320 g/mol. The van der Waals surface area contributed by atoms with Gasteiger partial charge in [0.15, 0.2) is 5.84 Å². The Hall–Kier alpha value is -2.01. The number of halogens is 1. The molecule has 4 nitrogen and oxygen atoms in total. The Morgan fingerprint density at radius 1 is 1.21 bits per heavy atom. The van der Waals surface area contributed by atoms with Crippen molar-refractivity contribution in [2.75, 3.05) is 0 Å². The van der Waals surface area contributed by atoms with Crippen molar-refractivity contribution in [2.45, 2.75) is 6.61 Å². The Kier molecular flexibility index (Phi) is 4.41. The van der Waals surface area contributed by atoms with Crippen LogP contribution in [0.3, 0.4) is 0 Å². The van der Waals surface area contributed by atoms with Gasteiger partial charge in [0, 0.05) is 4.47 Å². The molecule has 5 heteroatoms. The van der Waals surface area contributed by atoms with Gasteiger partial charge < -0.3 is 15.7 Å². The molecule has 0 aliphatic carbocycles. The minimum atomic E-state index is 0.0237. The van der Waals surface area contributed by atoms with Gasteiger partial charge in [-0.05, 0) is 23.8 Å². The lowest BCUT2D eigenvalue weighted by Gasteiger charge is -2.11. The number of benzene rings is 2. The summed E-state index contributed by atoms with van der Waals surface area (Å²) in [6, 6.07) is 15.1. The maximum atomic E-state index is 8.76. The normalized spacial score (nSPS) is 11.3. The lowest BCUT2D eigenvalue weighted by molar-refractivity contribution is 0.303. The topological polar surface area (TPSA) is 67.8 Å². The maximum absolute atomic E-state index is 8.76. The van der Waals surface area contributed by atoms with E-state index in [1.807, 2.05) is 36.4 Å². The van der Waals surface area contributed by atoms with Crippen LogP contribution >= 0.6 is 15.9 Å². The molecule has 0 saturated carbocycles. The van der Waals surface area contributed by atoms with Gasteiger partial charge >= 0.3 is 0 Å². The molecule has 19 heavy (non-hydrogen) atoms. The molecule has 0 radical (unpaired) electrons. The third kappa shape index (κ3) is 3.48. The molecule has 0 bridgehead atoms. The highest BCUT2D eigenvalue weighted by molar-refractivity contribution is 9.10. The molecular weight excluding hydrogens is 308 g/mol. The van der Waals surface area contributed by atoms with Gasteiger partial charge in [0.2, 0.25) is 0 Å². The van der Waals surface area contributed by atoms with Crippen LogP contribution in [-0.4, -0.2) is 11.0 Å². The Bertz CT molecular complexity index is 585. The number of nitrogens with zero attached hydrogens (tertiary/aromatic N) is 1.